The number of furan rings is 1. The van der Waals surface area contributed by atoms with E-state index in [1.807, 2.05) is 18.2 Å². The van der Waals surface area contributed by atoms with Gasteiger partial charge in [0.05, 0.1) is 0 Å². The minimum atomic E-state index is 0.330. The fourth-order valence-electron chi connectivity index (χ4n) is 7.61. The van der Waals surface area contributed by atoms with E-state index in [-0.39, 0.29) is 0 Å². The van der Waals surface area contributed by atoms with Crippen LogP contribution in [0.3, 0.4) is 0 Å². The van der Waals surface area contributed by atoms with Gasteiger partial charge in [0.25, 0.3) is 0 Å². The molecule has 8 aromatic rings. The first-order valence-corrected chi connectivity index (χ1v) is 17.1. The van der Waals surface area contributed by atoms with E-state index >= 15 is 0 Å². The zero-order chi connectivity index (χ0) is 33.2. The highest BCUT2D eigenvalue weighted by Crippen LogP contribution is 2.39. The number of fused-ring (bicyclic) bond motifs is 6. The summed E-state index contributed by atoms with van der Waals surface area (Å²) in [5.41, 5.74) is 8.35. The Hall–Kier alpha value is -6.39. The second-order valence-electron chi connectivity index (χ2n) is 13.3. The predicted molar refractivity (Wildman–Crippen MR) is 205 cm³/mol. The van der Waals surface area contributed by atoms with Gasteiger partial charge in [-0.3, -0.25) is 0 Å². The molecule has 236 valence electrons. The van der Waals surface area contributed by atoms with Crippen LogP contribution in [0.25, 0.3) is 83.0 Å². The molecule has 2 unspecified atom stereocenters. The lowest BCUT2D eigenvalue weighted by Gasteiger charge is -2.26. The largest absolute Gasteiger partial charge is 0.456 e. The van der Waals surface area contributed by atoms with Crippen LogP contribution in [0.15, 0.2) is 168 Å². The first-order valence-electron chi connectivity index (χ1n) is 17.1. The number of hydrogen-bond acceptors (Lipinski definition) is 4. The van der Waals surface area contributed by atoms with Crippen LogP contribution in [0.5, 0.6) is 0 Å². The van der Waals surface area contributed by atoms with Crippen LogP contribution >= 0.6 is 0 Å². The molecule has 0 bridgehead atoms. The average molecular weight is 642 g/mol. The Kier molecular flexibility index (Phi) is 6.50. The number of allylic oxidation sites excluding steroid dienone is 8. The first kappa shape index (κ1) is 28.6. The molecule has 0 saturated carbocycles. The third kappa shape index (κ3) is 4.80. The summed E-state index contributed by atoms with van der Waals surface area (Å²) in [6, 6.07) is 42.5. The average Bonchev–Trinajstić information content (AvgIpc) is 3.56. The summed E-state index contributed by atoms with van der Waals surface area (Å²) in [5.74, 6) is 2.72. The molecule has 10 rings (SSSR count). The zero-order valence-corrected chi connectivity index (χ0v) is 27.4. The Morgan fingerprint density at radius 3 is 2.02 bits per heavy atom. The molecule has 6 aromatic carbocycles. The minimum Gasteiger partial charge on any atom is -0.456 e. The molecule has 0 saturated heterocycles. The molecule has 50 heavy (non-hydrogen) atoms. The molecule has 2 atom stereocenters. The van der Waals surface area contributed by atoms with Crippen molar-refractivity contribution in [3.63, 3.8) is 0 Å². The summed E-state index contributed by atoms with van der Waals surface area (Å²) in [6.07, 6.45) is 13.3. The van der Waals surface area contributed by atoms with Crippen molar-refractivity contribution in [2.45, 2.75) is 6.92 Å². The van der Waals surface area contributed by atoms with Crippen molar-refractivity contribution in [1.29, 1.82) is 0 Å². The van der Waals surface area contributed by atoms with Crippen molar-refractivity contribution >= 4 is 49.1 Å². The summed E-state index contributed by atoms with van der Waals surface area (Å²) >= 11 is 0. The second kappa shape index (κ2) is 11.4. The molecule has 0 radical (unpaired) electrons. The lowest BCUT2D eigenvalue weighted by molar-refractivity contribution is 0.584. The molecule has 0 spiro atoms. The molecule has 2 aliphatic carbocycles. The highest BCUT2D eigenvalue weighted by molar-refractivity contribution is 6.13. The third-order valence-electron chi connectivity index (χ3n) is 10.1. The standard InChI is InChI=1S/C46H31N3O/c1-28-23-37(27-33-11-4-5-12-38(28)33)46-48-44(35-21-17-29-9-2-3-10-30(29)25-35)47-45(49-46)36-22-19-31-24-34(20-18-32(31)26-36)39-14-8-16-42-43(39)40-13-6-7-15-41(40)50-42/h2-28,38H,1H3. The number of para-hydroxylation sites is 1. The van der Waals surface area contributed by atoms with Crippen molar-refractivity contribution < 1.29 is 4.42 Å². The molecule has 2 heterocycles. The summed E-state index contributed by atoms with van der Waals surface area (Å²) in [5, 5.41) is 6.89. The van der Waals surface area contributed by atoms with E-state index in [1.54, 1.807) is 0 Å². The fraction of sp³-hybridized carbons (Fsp3) is 0.0652. The van der Waals surface area contributed by atoms with E-state index in [0.717, 1.165) is 65.9 Å². The normalized spacial score (nSPS) is 17.0. The van der Waals surface area contributed by atoms with Gasteiger partial charge in [-0.2, -0.15) is 0 Å². The van der Waals surface area contributed by atoms with Gasteiger partial charge in [0.1, 0.15) is 11.2 Å². The minimum absolute atomic E-state index is 0.330. The maximum atomic E-state index is 6.18. The highest BCUT2D eigenvalue weighted by Gasteiger charge is 2.24. The summed E-state index contributed by atoms with van der Waals surface area (Å²) in [7, 11) is 0. The number of hydrogen-bond donors (Lipinski definition) is 0. The number of nitrogens with zero attached hydrogens (tertiary/aromatic N) is 3. The Bertz CT molecular complexity index is 2800. The Balaban J connectivity index is 1.09. The monoisotopic (exact) mass is 641 g/mol. The molecular weight excluding hydrogens is 611 g/mol. The molecule has 2 aliphatic rings. The fourth-order valence-corrected chi connectivity index (χ4v) is 7.61. The van der Waals surface area contributed by atoms with E-state index in [1.165, 1.54) is 11.0 Å². The van der Waals surface area contributed by atoms with Crippen LogP contribution < -0.4 is 0 Å². The Labute approximate surface area is 289 Å². The third-order valence-corrected chi connectivity index (χ3v) is 10.1. The van der Waals surface area contributed by atoms with Crippen LogP contribution in [-0.4, -0.2) is 15.0 Å². The molecule has 2 aromatic heterocycles. The van der Waals surface area contributed by atoms with Crippen molar-refractivity contribution in [2.24, 2.45) is 11.8 Å². The lowest BCUT2D eigenvalue weighted by Crippen LogP contribution is -2.15. The van der Waals surface area contributed by atoms with Gasteiger partial charge >= 0.3 is 0 Å². The molecule has 0 fully saturated rings. The van der Waals surface area contributed by atoms with Crippen molar-refractivity contribution in [1.82, 2.24) is 15.0 Å². The van der Waals surface area contributed by atoms with Crippen molar-refractivity contribution in [2.75, 3.05) is 0 Å². The molecule has 4 heteroatoms. The van der Waals surface area contributed by atoms with Crippen LogP contribution in [0.1, 0.15) is 12.7 Å². The van der Waals surface area contributed by atoms with Crippen molar-refractivity contribution in [3.8, 4) is 33.9 Å². The second-order valence-corrected chi connectivity index (χ2v) is 13.3. The Morgan fingerprint density at radius 2 is 1.20 bits per heavy atom. The van der Waals surface area contributed by atoms with Gasteiger partial charge in [0.15, 0.2) is 17.5 Å². The summed E-state index contributed by atoms with van der Waals surface area (Å²) < 4.78 is 6.18. The van der Waals surface area contributed by atoms with Gasteiger partial charge in [-0.1, -0.05) is 128 Å². The van der Waals surface area contributed by atoms with E-state index in [9.17, 15) is 0 Å². The van der Waals surface area contributed by atoms with Gasteiger partial charge in [-0.05, 0) is 80.6 Å². The maximum absolute atomic E-state index is 6.18. The van der Waals surface area contributed by atoms with E-state index in [2.05, 4.69) is 147 Å². The van der Waals surface area contributed by atoms with E-state index in [4.69, 9.17) is 19.4 Å². The predicted octanol–water partition coefficient (Wildman–Crippen LogP) is 11.8. The molecular formula is C46H31N3O. The zero-order valence-electron chi connectivity index (χ0n) is 27.4. The van der Waals surface area contributed by atoms with Crippen LogP contribution in [0, 0.1) is 11.8 Å². The van der Waals surface area contributed by atoms with Crippen LogP contribution in [0.4, 0.5) is 0 Å². The molecule has 0 amide bonds. The number of benzene rings is 6. The maximum Gasteiger partial charge on any atom is 0.164 e. The van der Waals surface area contributed by atoms with Gasteiger partial charge < -0.3 is 4.42 Å². The van der Waals surface area contributed by atoms with E-state index in [0.29, 0.717) is 29.3 Å². The van der Waals surface area contributed by atoms with Crippen LogP contribution in [-0.2, 0) is 0 Å². The van der Waals surface area contributed by atoms with Gasteiger partial charge in [0, 0.05) is 33.4 Å². The number of aromatic nitrogens is 3. The quantitative estimate of drug-likeness (QED) is 0.192. The smallest absolute Gasteiger partial charge is 0.164 e. The van der Waals surface area contributed by atoms with E-state index < -0.39 is 0 Å². The molecule has 0 N–H and O–H groups in total. The SMILES string of the molecule is CC1C=C(c2nc(-c3ccc4ccccc4c3)nc(-c3ccc4cc(-c5cccc6oc7ccccc7c56)ccc4c3)n2)C=C2C=CC=CC21. The summed E-state index contributed by atoms with van der Waals surface area (Å²) in [4.78, 5) is 15.3. The highest BCUT2D eigenvalue weighted by atomic mass is 16.3. The topological polar surface area (TPSA) is 51.8 Å². The van der Waals surface area contributed by atoms with Crippen molar-refractivity contribution in [3.05, 3.63) is 169 Å². The van der Waals surface area contributed by atoms with Gasteiger partial charge in [-0.25, -0.2) is 15.0 Å². The lowest BCUT2D eigenvalue weighted by atomic mass is 9.78. The first-order chi connectivity index (χ1) is 24.6. The number of rotatable bonds is 4. The summed E-state index contributed by atoms with van der Waals surface area (Å²) in [6.45, 7) is 2.26. The van der Waals surface area contributed by atoms with Crippen LogP contribution in [0.2, 0.25) is 0 Å². The van der Waals surface area contributed by atoms with Gasteiger partial charge in [-0.15, -0.1) is 0 Å². The Morgan fingerprint density at radius 1 is 0.560 bits per heavy atom. The van der Waals surface area contributed by atoms with Gasteiger partial charge in [0.2, 0.25) is 0 Å². The molecule has 0 aliphatic heterocycles. The molecule has 4 nitrogen and oxygen atoms in total.